The van der Waals surface area contributed by atoms with E-state index in [1.54, 1.807) is 0 Å². The van der Waals surface area contributed by atoms with Gasteiger partial charge in [0.05, 0.1) is 19.3 Å². The minimum absolute atomic E-state index is 0.00160. The van der Waals surface area contributed by atoms with Gasteiger partial charge in [-0.2, -0.15) is 0 Å². The molecule has 32 heavy (non-hydrogen) atoms. The van der Waals surface area contributed by atoms with Crippen LogP contribution in [0.2, 0.25) is 0 Å². The molecule has 2 heterocycles. The van der Waals surface area contributed by atoms with Gasteiger partial charge in [0.1, 0.15) is 41.3 Å². The van der Waals surface area contributed by atoms with Crippen molar-refractivity contribution < 1.29 is 54.7 Å². The normalized spacial score (nSPS) is 27.1. The average molecular weight is 450 g/mol. The number of phenols is 4. The Morgan fingerprint density at radius 1 is 0.938 bits per heavy atom. The summed E-state index contributed by atoms with van der Waals surface area (Å²) in [4.78, 5) is 0. The summed E-state index contributed by atoms with van der Waals surface area (Å²) >= 11 is 0. The molecule has 172 valence electrons. The molecule has 0 radical (unpaired) electrons. The third kappa shape index (κ3) is 3.82. The van der Waals surface area contributed by atoms with Crippen molar-refractivity contribution in [3.05, 3.63) is 41.2 Å². The first kappa shape index (κ1) is 21.8. The van der Waals surface area contributed by atoms with Crippen LogP contribution in [0.3, 0.4) is 0 Å². The molecule has 2 aromatic rings. The second-order valence-corrected chi connectivity index (χ2v) is 7.38. The second-order valence-electron chi connectivity index (χ2n) is 7.38. The van der Waals surface area contributed by atoms with Crippen LogP contribution in [0.1, 0.15) is 17.2 Å². The van der Waals surface area contributed by atoms with Crippen molar-refractivity contribution in [3.63, 3.8) is 0 Å². The molecule has 0 spiro atoms. The second kappa shape index (κ2) is 8.28. The zero-order valence-electron chi connectivity index (χ0n) is 16.7. The van der Waals surface area contributed by atoms with Crippen molar-refractivity contribution in [2.24, 2.45) is 0 Å². The van der Waals surface area contributed by atoms with Crippen LogP contribution < -0.4 is 9.47 Å². The van der Waals surface area contributed by atoms with E-state index < -0.39 is 42.2 Å². The third-order valence-corrected chi connectivity index (χ3v) is 5.20. The van der Waals surface area contributed by atoms with E-state index in [1.165, 1.54) is 31.4 Å². The Hall–Kier alpha value is -3.38. The summed E-state index contributed by atoms with van der Waals surface area (Å²) in [5, 5.41) is 69.9. The van der Waals surface area contributed by atoms with Crippen LogP contribution in [-0.2, 0) is 9.47 Å². The van der Waals surface area contributed by atoms with Crippen LogP contribution in [0.4, 0.5) is 0 Å². The van der Waals surface area contributed by atoms with E-state index in [0.29, 0.717) is 0 Å². The smallest absolute Gasteiger partial charge is 0.228 e. The van der Waals surface area contributed by atoms with Crippen molar-refractivity contribution in [2.75, 3.05) is 13.7 Å². The Bertz CT molecular complexity index is 1050. The quantitative estimate of drug-likeness (QED) is 0.322. The van der Waals surface area contributed by atoms with E-state index in [-0.39, 0.29) is 46.5 Å². The third-order valence-electron chi connectivity index (χ3n) is 5.20. The number of rotatable bonds is 4. The van der Waals surface area contributed by atoms with Crippen molar-refractivity contribution >= 4 is 6.08 Å². The standard InChI is InChI=1S/C21H22O11/c1-29-15-3-8(2-12(24)17(15)26)20-16(32-21-19(28)18(27)13(25)7-30-21)6-10-11(23)4-9(22)5-14(10)31-20/h2-6,13,18-28H,7H2,1H3/t13-,18+,19-,20?,21+/m0/s1. The number of hydrogen-bond donors (Lipinski definition) is 7. The topological polar surface area (TPSA) is 179 Å². The zero-order valence-corrected chi connectivity index (χ0v) is 16.7. The van der Waals surface area contributed by atoms with Gasteiger partial charge in [0.2, 0.25) is 12.0 Å². The number of aliphatic hydroxyl groups excluding tert-OH is 3. The van der Waals surface area contributed by atoms with E-state index in [9.17, 15) is 35.7 Å². The number of fused-ring (bicyclic) bond motifs is 1. The van der Waals surface area contributed by atoms with Crippen LogP contribution in [0.5, 0.6) is 34.5 Å². The number of aliphatic hydroxyl groups is 3. The van der Waals surface area contributed by atoms with Crippen LogP contribution in [0, 0.1) is 0 Å². The minimum atomic E-state index is -1.60. The fourth-order valence-electron chi connectivity index (χ4n) is 3.51. The lowest BCUT2D eigenvalue weighted by molar-refractivity contribution is -0.261. The molecule has 0 saturated carbocycles. The van der Waals surface area contributed by atoms with Crippen LogP contribution in [-0.4, -0.2) is 74.1 Å². The molecular formula is C21H22O11. The summed E-state index contributed by atoms with van der Waals surface area (Å²) in [6.45, 7) is -0.300. The molecule has 0 aromatic heterocycles. The van der Waals surface area contributed by atoms with Gasteiger partial charge in [-0.1, -0.05) is 0 Å². The lowest BCUT2D eigenvalue weighted by Gasteiger charge is -2.37. The summed E-state index contributed by atoms with van der Waals surface area (Å²) in [6, 6.07) is 4.93. The van der Waals surface area contributed by atoms with E-state index in [2.05, 4.69) is 0 Å². The maximum Gasteiger partial charge on any atom is 0.228 e. The van der Waals surface area contributed by atoms with Gasteiger partial charge in [-0.15, -0.1) is 0 Å². The van der Waals surface area contributed by atoms with Gasteiger partial charge in [-0.25, -0.2) is 0 Å². The predicted octanol–water partition coefficient (Wildman–Crippen LogP) is 0.448. The number of hydrogen-bond acceptors (Lipinski definition) is 11. The van der Waals surface area contributed by atoms with Crippen LogP contribution >= 0.6 is 0 Å². The highest BCUT2D eigenvalue weighted by molar-refractivity contribution is 5.70. The molecule has 2 aliphatic heterocycles. The van der Waals surface area contributed by atoms with Gasteiger partial charge < -0.3 is 54.7 Å². The minimum Gasteiger partial charge on any atom is -0.508 e. The Morgan fingerprint density at radius 3 is 2.41 bits per heavy atom. The maximum atomic E-state index is 10.2. The van der Waals surface area contributed by atoms with Crippen molar-refractivity contribution in [1.82, 2.24) is 0 Å². The summed E-state index contributed by atoms with van der Waals surface area (Å²) in [7, 11) is 1.29. The molecule has 2 aliphatic rings. The van der Waals surface area contributed by atoms with E-state index in [1.807, 2.05) is 0 Å². The number of aromatic hydroxyl groups is 4. The van der Waals surface area contributed by atoms with Crippen LogP contribution in [0.15, 0.2) is 30.0 Å². The number of benzene rings is 2. The molecule has 0 amide bonds. The van der Waals surface area contributed by atoms with E-state index in [0.717, 1.165) is 6.07 Å². The first-order valence-electron chi connectivity index (χ1n) is 9.56. The first-order valence-corrected chi connectivity index (χ1v) is 9.56. The van der Waals surface area contributed by atoms with E-state index >= 15 is 0 Å². The number of ether oxygens (including phenoxy) is 4. The Morgan fingerprint density at radius 2 is 1.69 bits per heavy atom. The molecule has 1 unspecified atom stereocenters. The molecule has 2 aromatic carbocycles. The highest BCUT2D eigenvalue weighted by Gasteiger charge is 2.41. The molecule has 7 N–H and O–H groups in total. The monoisotopic (exact) mass is 450 g/mol. The van der Waals surface area contributed by atoms with Gasteiger partial charge in [-0.3, -0.25) is 0 Å². The van der Waals surface area contributed by atoms with E-state index in [4.69, 9.17) is 18.9 Å². The van der Waals surface area contributed by atoms with Gasteiger partial charge in [-0.05, 0) is 18.2 Å². The maximum absolute atomic E-state index is 10.2. The largest absolute Gasteiger partial charge is 0.508 e. The molecular weight excluding hydrogens is 428 g/mol. The highest BCUT2D eigenvalue weighted by atomic mass is 16.7. The molecule has 4 rings (SSSR count). The lowest BCUT2D eigenvalue weighted by Crippen LogP contribution is -2.53. The molecule has 1 saturated heterocycles. The fourth-order valence-corrected chi connectivity index (χ4v) is 3.51. The number of phenolic OH excluding ortho intramolecular Hbond substituents is 4. The highest BCUT2D eigenvalue weighted by Crippen LogP contribution is 2.46. The fraction of sp³-hybridized carbons (Fsp3) is 0.333. The lowest BCUT2D eigenvalue weighted by atomic mass is 10.00. The average Bonchev–Trinajstić information content (AvgIpc) is 2.75. The molecule has 5 atom stereocenters. The zero-order chi connectivity index (χ0) is 23.2. The Balaban J connectivity index is 1.77. The summed E-state index contributed by atoms with van der Waals surface area (Å²) in [5.41, 5.74) is 0.415. The molecule has 0 bridgehead atoms. The van der Waals surface area contributed by atoms with Crippen molar-refractivity contribution in [3.8, 4) is 34.5 Å². The van der Waals surface area contributed by atoms with Gasteiger partial charge >= 0.3 is 0 Å². The summed E-state index contributed by atoms with van der Waals surface area (Å²) in [5.74, 6) is -1.53. The molecule has 11 nitrogen and oxygen atoms in total. The van der Waals surface area contributed by atoms with Crippen molar-refractivity contribution in [1.29, 1.82) is 0 Å². The molecule has 1 fully saturated rings. The first-order chi connectivity index (χ1) is 15.2. The SMILES string of the molecule is COc1cc(C2Oc3cc(O)cc(O)c3C=C2O[C@H]2OC[C@H](O)[C@@H](O)[C@@H]2O)cc(O)c1O. The number of methoxy groups -OCH3 is 1. The van der Waals surface area contributed by atoms with Crippen LogP contribution in [0.25, 0.3) is 6.08 Å². The summed E-state index contributed by atoms with van der Waals surface area (Å²) in [6.07, 6.45) is -5.54. The Labute approximate surface area is 181 Å². The predicted molar refractivity (Wildman–Crippen MR) is 106 cm³/mol. The summed E-state index contributed by atoms with van der Waals surface area (Å²) < 4.78 is 22.0. The van der Waals surface area contributed by atoms with Gasteiger partial charge in [0.15, 0.2) is 17.6 Å². The van der Waals surface area contributed by atoms with Crippen molar-refractivity contribution in [2.45, 2.75) is 30.7 Å². The Kier molecular flexibility index (Phi) is 5.65. The molecule has 11 heteroatoms. The van der Waals surface area contributed by atoms with Gasteiger partial charge in [0, 0.05) is 17.7 Å². The van der Waals surface area contributed by atoms with Gasteiger partial charge in [0.25, 0.3) is 0 Å². The molecule has 0 aliphatic carbocycles.